The van der Waals surface area contributed by atoms with Gasteiger partial charge in [-0.05, 0) is 24.3 Å². The Morgan fingerprint density at radius 1 is 1.25 bits per heavy atom. The number of ether oxygens (including phenoxy) is 1. The highest BCUT2D eigenvalue weighted by Gasteiger charge is 2.27. The van der Waals surface area contributed by atoms with Gasteiger partial charge in [0, 0.05) is 16.0 Å². The zero-order valence-corrected chi connectivity index (χ0v) is 16.6. The lowest BCUT2D eigenvalue weighted by Gasteiger charge is -2.15. The van der Waals surface area contributed by atoms with Crippen molar-refractivity contribution in [3.63, 3.8) is 0 Å². The molecule has 0 spiro atoms. The predicted octanol–water partition coefficient (Wildman–Crippen LogP) is 3.79. The smallest absolute Gasteiger partial charge is 0.357 e. The van der Waals surface area contributed by atoms with Crippen LogP contribution in [0.3, 0.4) is 0 Å². The lowest BCUT2D eigenvalue weighted by Crippen LogP contribution is -2.16. The summed E-state index contributed by atoms with van der Waals surface area (Å²) >= 11 is 1.28. The van der Waals surface area contributed by atoms with E-state index in [0.717, 1.165) is 34.5 Å². The highest BCUT2D eigenvalue weighted by molar-refractivity contribution is 7.16. The Balaban J connectivity index is 1.63. The van der Waals surface area contributed by atoms with Crippen LogP contribution in [-0.4, -0.2) is 34.2 Å². The number of thiazole rings is 1. The number of aromatic nitrogens is 3. The third kappa shape index (κ3) is 3.09. The van der Waals surface area contributed by atoms with Gasteiger partial charge in [0.05, 0.1) is 12.8 Å². The van der Waals surface area contributed by atoms with Crippen LogP contribution < -0.4 is 5.32 Å². The fourth-order valence-corrected chi connectivity index (χ4v) is 4.38. The Morgan fingerprint density at radius 2 is 2.04 bits per heavy atom. The third-order valence-electron chi connectivity index (χ3n) is 4.79. The van der Waals surface area contributed by atoms with Gasteiger partial charge in [-0.25, -0.2) is 9.78 Å². The van der Waals surface area contributed by atoms with E-state index >= 15 is 0 Å². The number of fused-ring (bicyclic) bond motifs is 3. The first-order valence-electron chi connectivity index (χ1n) is 9.05. The molecule has 0 saturated heterocycles. The Hall–Kier alpha value is -3.00. The van der Waals surface area contributed by atoms with Crippen LogP contribution in [0.25, 0.3) is 11.3 Å². The van der Waals surface area contributed by atoms with Crippen LogP contribution in [0.2, 0.25) is 0 Å². The number of aryl methyl sites for hydroxylation is 1. The summed E-state index contributed by atoms with van der Waals surface area (Å²) in [6, 6.07) is 8.09. The van der Waals surface area contributed by atoms with Gasteiger partial charge in [-0.1, -0.05) is 38.1 Å². The average Bonchev–Trinajstić information content (AvgIpc) is 3.31. The normalized spacial score (nSPS) is 12.4. The van der Waals surface area contributed by atoms with Crippen molar-refractivity contribution in [1.29, 1.82) is 0 Å². The molecule has 144 valence electrons. The van der Waals surface area contributed by atoms with E-state index in [2.05, 4.69) is 26.6 Å². The van der Waals surface area contributed by atoms with Gasteiger partial charge in [0.2, 0.25) is 0 Å². The minimum Gasteiger partial charge on any atom is -0.464 e. The molecule has 0 saturated carbocycles. The molecule has 0 bridgehead atoms. The van der Waals surface area contributed by atoms with Crippen molar-refractivity contribution < 1.29 is 14.3 Å². The molecule has 2 N–H and O–H groups in total. The average molecular weight is 396 g/mol. The van der Waals surface area contributed by atoms with Gasteiger partial charge in [0.1, 0.15) is 5.69 Å². The lowest BCUT2D eigenvalue weighted by atomic mass is 9.89. The summed E-state index contributed by atoms with van der Waals surface area (Å²) in [6.07, 6.45) is 1.61. The summed E-state index contributed by atoms with van der Waals surface area (Å²) in [5.74, 6) is -0.724. The minimum absolute atomic E-state index is 0.0914. The SMILES string of the molecule is COC(=O)c1nc(NC(=O)c2[nH]nc3c2CCc2ccccc2-3)sc1C(C)C. The van der Waals surface area contributed by atoms with Crippen molar-refractivity contribution in [3.05, 3.63) is 51.7 Å². The van der Waals surface area contributed by atoms with Crippen LogP contribution >= 0.6 is 11.3 Å². The maximum absolute atomic E-state index is 12.9. The van der Waals surface area contributed by atoms with Crippen LogP contribution in [0, 0.1) is 0 Å². The summed E-state index contributed by atoms with van der Waals surface area (Å²) in [6.45, 7) is 3.93. The maximum Gasteiger partial charge on any atom is 0.357 e. The van der Waals surface area contributed by atoms with Crippen molar-refractivity contribution in [1.82, 2.24) is 15.2 Å². The molecule has 4 rings (SSSR count). The summed E-state index contributed by atoms with van der Waals surface area (Å²) in [5, 5.41) is 10.4. The van der Waals surface area contributed by atoms with E-state index in [1.807, 2.05) is 32.0 Å². The number of nitrogens with zero attached hydrogens (tertiary/aromatic N) is 2. The summed E-state index contributed by atoms with van der Waals surface area (Å²) in [4.78, 5) is 29.9. The van der Waals surface area contributed by atoms with Crippen molar-refractivity contribution in [2.45, 2.75) is 32.6 Å². The maximum atomic E-state index is 12.9. The van der Waals surface area contributed by atoms with Crippen molar-refractivity contribution in [2.24, 2.45) is 0 Å². The van der Waals surface area contributed by atoms with E-state index in [4.69, 9.17) is 4.74 Å². The van der Waals surface area contributed by atoms with E-state index in [9.17, 15) is 9.59 Å². The number of benzene rings is 1. The zero-order chi connectivity index (χ0) is 19.8. The Labute approximate surface area is 166 Å². The van der Waals surface area contributed by atoms with Crippen LogP contribution in [0.5, 0.6) is 0 Å². The van der Waals surface area contributed by atoms with Gasteiger partial charge < -0.3 is 4.74 Å². The van der Waals surface area contributed by atoms with E-state index < -0.39 is 5.97 Å². The second-order valence-corrected chi connectivity index (χ2v) is 7.95. The number of carbonyl (C=O) groups excluding carboxylic acids is 2. The zero-order valence-electron chi connectivity index (χ0n) is 15.8. The van der Waals surface area contributed by atoms with Gasteiger partial charge in [-0.15, -0.1) is 11.3 Å². The molecule has 0 radical (unpaired) electrons. The second-order valence-electron chi connectivity index (χ2n) is 6.92. The summed E-state index contributed by atoms with van der Waals surface area (Å²) < 4.78 is 4.80. The molecule has 1 amide bonds. The number of methoxy groups -OCH3 is 1. The van der Waals surface area contributed by atoms with Gasteiger partial charge in [0.15, 0.2) is 10.8 Å². The molecule has 2 aromatic heterocycles. The Morgan fingerprint density at radius 3 is 2.79 bits per heavy atom. The van der Waals surface area contributed by atoms with Crippen molar-refractivity contribution >= 4 is 28.3 Å². The fourth-order valence-electron chi connectivity index (χ4n) is 3.43. The number of carbonyl (C=O) groups is 2. The molecule has 0 unspecified atom stereocenters. The molecular formula is C20H20N4O3S. The molecule has 8 heteroatoms. The van der Waals surface area contributed by atoms with Gasteiger partial charge in [-0.3, -0.25) is 15.2 Å². The number of esters is 1. The molecule has 0 atom stereocenters. The van der Waals surface area contributed by atoms with E-state index in [1.54, 1.807) is 0 Å². The quantitative estimate of drug-likeness (QED) is 0.654. The van der Waals surface area contributed by atoms with Crippen molar-refractivity contribution in [3.8, 4) is 11.3 Å². The van der Waals surface area contributed by atoms with Gasteiger partial charge >= 0.3 is 5.97 Å². The predicted molar refractivity (Wildman–Crippen MR) is 107 cm³/mol. The first-order chi connectivity index (χ1) is 13.5. The monoisotopic (exact) mass is 396 g/mol. The lowest BCUT2D eigenvalue weighted by molar-refractivity contribution is 0.0593. The molecule has 28 heavy (non-hydrogen) atoms. The number of hydrogen-bond acceptors (Lipinski definition) is 6. The van der Waals surface area contributed by atoms with Crippen LogP contribution in [-0.2, 0) is 17.6 Å². The van der Waals surface area contributed by atoms with E-state index in [-0.39, 0.29) is 17.5 Å². The number of aromatic amines is 1. The number of anilines is 1. The van der Waals surface area contributed by atoms with Crippen LogP contribution in [0.1, 0.15) is 56.7 Å². The molecule has 7 nitrogen and oxygen atoms in total. The second kappa shape index (κ2) is 7.20. The molecule has 1 aliphatic rings. The Bertz CT molecular complexity index is 1070. The third-order valence-corrected chi connectivity index (χ3v) is 6.06. The first-order valence-corrected chi connectivity index (χ1v) is 9.87. The fraction of sp³-hybridized carbons (Fsp3) is 0.300. The molecule has 0 aliphatic heterocycles. The van der Waals surface area contributed by atoms with Crippen molar-refractivity contribution in [2.75, 3.05) is 12.4 Å². The first kappa shape index (κ1) is 18.4. The highest BCUT2D eigenvalue weighted by Crippen LogP contribution is 2.34. The standard InChI is InChI=1S/C20H20N4O3S/c1-10(2)17-16(19(26)27-3)21-20(28-17)22-18(25)15-13-9-8-11-6-4-5-7-12(11)14(13)23-24-15/h4-7,10H,8-9H2,1-3H3,(H,23,24)(H,21,22,25). The summed E-state index contributed by atoms with van der Waals surface area (Å²) in [7, 11) is 1.32. The Kier molecular flexibility index (Phi) is 4.72. The van der Waals surface area contributed by atoms with Crippen LogP contribution in [0.4, 0.5) is 5.13 Å². The number of amides is 1. The number of nitrogens with one attached hydrogen (secondary N) is 2. The molecular weight excluding hydrogens is 376 g/mol. The molecule has 1 aromatic carbocycles. The topological polar surface area (TPSA) is 97.0 Å². The molecule has 2 heterocycles. The number of rotatable bonds is 4. The number of hydrogen-bond donors (Lipinski definition) is 2. The number of H-pyrrole nitrogens is 1. The van der Waals surface area contributed by atoms with Gasteiger partial charge in [-0.2, -0.15) is 5.10 Å². The van der Waals surface area contributed by atoms with E-state index in [0.29, 0.717) is 10.8 Å². The highest BCUT2D eigenvalue weighted by atomic mass is 32.1. The molecule has 3 aromatic rings. The van der Waals surface area contributed by atoms with Gasteiger partial charge in [0.25, 0.3) is 5.91 Å². The minimum atomic E-state index is -0.504. The van der Waals surface area contributed by atoms with Crippen LogP contribution in [0.15, 0.2) is 24.3 Å². The molecule has 1 aliphatic carbocycles. The largest absolute Gasteiger partial charge is 0.464 e. The molecule has 0 fully saturated rings. The van der Waals surface area contributed by atoms with E-state index in [1.165, 1.54) is 24.0 Å². The summed E-state index contributed by atoms with van der Waals surface area (Å²) in [5.41, 5.74) is 4.71.